The number of benzene rings is 7. The Morgan fingerprint density at radius 3 is 1.91 bits per heavy atom. The second-order valence-corrected chi connectivity index (χ2v) is 23.9. The first-order chi connectivity index (χ1) is 33.2. The second-order valence-electron chi connectivity index (χ2n) is 23.9. The molecular formula is C65H70BN3. The van der Waals surface area contributed by atoms with Crippen LogP contribution in [0.3, 0.4) is 0 Å². The Kier molecular flexibility index (Phi) is 10.3. The van der Waals surface area contributed by atoms with E-state index in [4.69, 9.17) is 0 Å². The smallest absolute Gasteiger partial charge is 0.252 e. The van der Waals surface area contributed by atoms with Gasteiger partial charge in [-0.05, 0) is 154 Å². The van der Waals surface area contributed by atoms with E-state index >= 15 is 0 Å². The minimum Gasteiger partial charge on any atom is -0.334 e. The van der Waals surface area contributed by atoms with Gasteiger partial charge in [-0.2, -0.15) is 0 Å². The molecule has 7 aromatic carbocycles. The third-order valence-corrected chi connectivity index (χ3v) is 18.1. The van der Waals surface area contributed by atoms with Gasteiger partial charge in [0.2, 0.25) is 0 Å². The Bertz CT molecular complexity index is 3130. The zero-order valence-corrected chi connectivity index (χ0v) is 42.7. The molecule has 0 saturated heterocycles. The molecule has 3 aliphatic heterocycles. The number of nitrogens with zero attached hydrogens (tertiary/aromatic N) is 3. The van der Waals surface area contributed by atoms with Crippen molar-refractivity contribution in [3.05, 3.63) is 174 Å². The molecule has 0 spiro atoms. The van der Waals surface area contributed by atoms with E-state index in [1.54, 1.807) is 5.56 Å². The van der Waals surface area contributed by atoms with Crippen molar-refractivity contribution in [3.8, 4) is 11.1 Å². The first-order valence-electron chi connectivity index (χ1n) is 26.4. The van der Waals surface area contributed by atoms with Crippen LogP contribution in [0.15, 0.2) is 152 Å². The maximum Gasteiger partial charge on any atom is 0.252 e. The van der Waals surface area contributed by atoms with Crippen molar-refractivity contribution in [2.75, 3.05) is 14.7 Å². The van der Waals surface area contributed by atoms with Crippen LogP contribution in [-0.4, -0.2) is 12.3 Å². The molecule has 0 aromatic heterocycles. The van der Waals surface area contributed by atoms with E-state index in [-0.39, 0.29) is 28.5 Å². The summed E-state index contributed by atoms with van der Waals surface area (Å²) >= 11 is 0. The molecule has 3 heterocycles. The van der Waals surface area contributed by atoms with Crippen molar-refractivity contribution >= 4 is 68.6 Å². The lowest BCUT2D eigenvalue weighted by molar-refractivity contribution is 0.218. The van der Waals surface area contributed by atoms with Crippen molar-refractivity contribution in [1.82, 2.24) is 0 Å². The van der Waals surface area contributed by atoms with Gasteiger partial charge in [-0.15, -0.1) is 0 Å². The number of rotatable bonds is 5. The lowest BCUT2D eigenvalue weighted by Gasteiger charge is -2.50. The minimum absolute atomic E-state index is 0.00131. The molecule has 0 bridgehead atoms. The lowest BCUT2D eigenvalue weighted by Crippen LogP contribution is -2.62. The van der Waals surface area contributed by atoms with Gasteiger partial charge in [0, 0.05) is 50.8 Å². The summed E-state index contributed by atoms with van der Waals surface area (Å²) in [6.45, 7) is 22.2. The van der Waals surface area contributed by atoms with Gasteiger partial charge in [0.25, 0.3) is 6.71 Å². The van der Waals surface area contributed by atoms with E-state index in [0.717, 1.165) is 6.42 Å². The maximum absolute atomic E-state index is 2.84. The van der Waals surface area contributed by atoms with Crippen molar-refractivity contribution in [2.24, 2.45) is 5.92 Å². The Hall–Kier alpha value is -6.00. The van der Waals surface area contributed by atoms with Gasteiger partial charge in [0.05, 0.1) is 11.2 Å². The van der Waals surface area contributed by atoms with Gasteiger partial charge >= 0.3 is 0 Å². The van der Waals surface area contributed by atoms with Crippen molar-refractivity contribution in [2.45, 2.75) is 141 Å². The molecule has 2 aliphatic carbocycles. The molecule has 3 unspecified atom stereocenters. The molecule has 69 heavy (non-hydrogen) atoms. The predicted molar refractivity (Wildman–Crippen MR) is 296 cm³/mol. The Balaban J connectivity index is 1.24. The molecule has 7 aromatic rings. The van der Waals surface area contributed by atoms with Crippen molar-refractivity contribution in [3.63, 3.8) is 0 Å². The molecule has 0 N–H and O–H groups in total. The highest BCUT2D eigenvalue weighted by atomic mass is 15.3. The highest BCUT2D eigenvalue weighted by molar-refractivity contribution is 7.00. The Morgan fingerprint density at radius 1 is 0.536 bits per heavy atom. The average Bonchev–Trinajstić information content (AvgIpc) is 3.52. The molecule has 12 rings (SSSR count). The first-order valence-corrected chi connectivity index (χ1v) is 26.4. The van der Waals surface area contributed by atoms with Gasteiger partial charge in [-0.25, -0.2) is 0 Å². The Morgan fingerprint density at radius 2 is 1.19 bits per heavy atom. The predicted octanol–water partition coefficient (Wildman–Crippen LogP) is 16.1. The summed E-state index contributed by atoms with van der Waals surface area (Å²) in [5, 5.41) is 0. The summed E-state index contributed by atoms with van der Waals surface area (Å²) in [4.78, 5) is 8.19. The van der Waals surface area contributed by atoms with Crippen LogP contribution in [-0.2, 0) is 16.2 Å². The fraction of sp³-hybridized carbons (Fsp3) is 0.354. The second kappa shape index (κ2) is 16.0. The highest BCUT2D eigenvalue weighted by Gasteiger charge is 2.57. The maximum atomic E-state index is 2.84. The van der Waals surface area contributed by atoms with E-state index in [1.165, 1.54) is 135 Å². The van der Waals surface area contributed by atoms with Crippen LogP contribution in [0, 0.1) is 5.92 Å². The molecule has 0 radical (unpaired) electrons. The molecule has 4 heteroatoms. The number of para-hydroxylation sites is 3. The molecule has 3 nitrogen and oxygen atoms in total. The Labute approximate surface area is 413 Å². The van der Waals surface area contributed by atoms with Crippen LogP contribution < -0.4 is 31.1 Å². The van der Waals surface area contributed by atoms with Gasteiger partial charge in [-0.3, -0.25) is 0 Å². The third kappa shape index (κ3) is 6.67. The highest BCUT2D eigenvalue weighted by Crippen LogP contribution is 2.61. The van der Waals surface area contributed by atoms with Crippen LogP contribution in [0.1, 0.15) is 142 Å². The monoisotopic (exact) mass is 904 g/mol. The first kappa shape index (κ1) is 44.2. The molecule has 1 saturated carbocycles. The number of fused-ring (bicyclic) bond motifs is 8. The van der Waals surface area contributed by atoms with E-state index in [1.807, 2.05) is 0 Å². The van der Waals surface area contributed by atoms with Crippen LogP contribution in [0.5, 0.6) is 0 Å². The van der Waals surface area contributed by atoms with Crippen LogP contribution in [0.2, 0.25) is 0 Å². The van der Waals surface area contributed by atoms with Crippen molar-refractivity contribution < 1.29 is 0 Å². The molecule has 348 valence electrons. The van der Waals surface area contributed by atoms with E-state index < -0.39 is 0 Å². The van der Waals surface area contributed by atoms with Gasteiger partial charge in [0.15, 0.2) is 0 Å². The molecule has 5 aliphatic rings. The van der Waals surface area contributed by atoms with Gasteiger partial charge in [-0.1, -0.05) is 178 Å². The molecule has 1 fully saturated rings. The van der Waals surface area contributed by atoms with Crippen LogP contribution in [0.4, 0.5) is 45.5 Å². The third-order valence-electron chi connectivity index (χ3n) is 18.1. The molecular weight excluding hydrogens is 834 g/mol. The summed E-state index contributed by atoms with van der Waals surface area (Å²) in [5.41, 5.74) is 22.7. The lowest BCUT2D eigenvalue weighted by atomic mass is 9.33. The van der Waals surface area contributed by atoms with Crippen LogP contribution in [0.25, 0.3) is 11.1 Å². The average molecular weight is 904 g/mol. The normalized spacial score (nSPS) is 22.2. The van der Waals surface area contributed by atoms with Gasteiger partial charge < -0.3 is 14.7 Å². The van der Waals surface area contributed by atoms with E-state index in [2.05, 4.69) is 229 Å². The van der Waals surface area contributed by atoms with Crippen LogP contribution >= 0.6 is 0 Å². The summed E-state index contributed by atoms with van der Waals surface area (Å²) < 4.78 is 0. The fourth-order valence-corrected chi connectivity index (χ4v) is 14.1. The summed E-state index contributed by atoms with van der Waals surface area (Å²) in [7, 11) is 0. The number of anilines is 8. The summed E-state index contributed by atoms with van der Waals surface area (Å²) in [6.07, 6.45) is 9.85. The minimum atomic E-state index is -0.127. The standard InChI is InChI=1S/C65H70BN3/c1-43(2)48-34-37-63(6,7)52-42-54-58(41-50(48)52)68(55-33-32-45(62(3,4)5)38-49(55)44-24-14-12-15-25-44)60-40-47(69-56-30-20-18-28-51(56)64(8)35-22-10-11-23-36-65(64,69)9)39-59-61(60)66(54)53-29-19-21-31-57(53)67(59)46-26-16-13-17-27-46/h12-21,24-33,38-43,48H,10-11,22-23,34-37H2,1-9H3. The zero-order valence-electron chi connectivity index (χ0n) is 42.7. The zero-order chi connectivity index (χ0) is 47.6. The molecule has 0 amide bonds. The molecule has 3 atom stereocenters. The van der Waals surface area contributed by atoms with Gasteiger partial charge in [0.1, 0.15) is 0 Å². The SMILES string of the molecule is CC(C)C1CCC(C)(C)c2cc3c(cc21)N(c1ccc(C(C)(C)C)cc1-c1ccccc1)c1cc(N2c4ccccc4C4(C)CCCCCCC24C)cc2c1B3c1ccccc1N2c1ccccc1. The summed E-state index contributed by atoms with van der Waals surface area (Å²) in [6, 6.07) is 59.3. The summed E-state index contributed by atoms with van der Waals surface area (Å²) in [5.74, 6) is 1.03. The van der Waals surface area contributed by atoms with Crippen molar-refractivity contribution in [1.29, 1.82) is 0 Å². The number of hydrogen-bond acceptors (Lipinski definition) is 3. The van der Waals surface area contributed by atoms with E-state index in [9.17, 15) is 0 Å². The number of hydrogen-bond donors (Lipinski definition) is 0. The largest absolute Gasteiger partial charge is 0.334 e. The quantitative estimate of drug-likeness (QED) is 0.159. The van der Waals surface area contributed by atoms with E-state index in [0.29, 0.717) is 11.8 Å². The topological polar surface area (TPSA) is 9.72 Å². The fourth-order valence-electron chi connectivity index (χ4n) is 14.1.